The third-order valence-corrected chi connectivity index (χ3v) is 6.75. The topological polar surface area (TPSA) is 79.5 Å². The molecule has 1 aromatic carbocycles. The molecule has 1 saturated heterocycles. The van der Waals surface area contributed by atoms with E-state index in [1.54, 1.807) is 0 Å². The summed E-state index contributed by atoms with van der Waals surface area (Å²) in [6.07, 6.45) is 1.49. The average Bonchev–Trinajstić information content (AvgIpc) is 2.58. The Morgan fingerprint density at radius 3 is 2.56 bits per heavy atom. The van der Waals surface area contributed by atoms with Crippen molar-refractivity contribution in [1.29, 1.82) is 0 Å². The molecular weight excluding hydrogens is 404 g/mol. The number of nitrogens with zero attached hydrogens (tertiary/aromatic N) is 3. The van der Waals surface area contributed by atoms with Crippen molar-refractivity contribution in [2.75, 3.05) is 30.3 Å². The van der Waals surface area contributed by atoms with E-state index in [0.29, 0.717) is 24.1 Å². The van der Waals surface area contributed by atoms with Crippen LogP contribution in [0.4, 0.5) is 11.5 Å². The van der Waals surface area contributed by atoms with Crippen LogP contribution in [0.3, 0.4) is 0 Å². The van der Waals surface area contributed by atoms with Crippen LogP contribution in [0.15, 0.2) is 45.9 Å². The minimum Gasteiger partial charge on any atom is -0.383 e. The fourth-order valence-electron chi connectivity index (χ4n) is 3.04. The molecule has 0 amide bonds. The number of pyridine rings is 1. The molecule has 0 radical (unpaired) electrons. The molecule has 1 aliphatic rings. The molecule has 8 heteroatoms. The third kappa shape index (κ3) is 3.65. The second-order valence-corrected chi connectivity index (χ2v) is 9.10. The van der Waals surface area contributed by atoms with Gasteiger partial charge in [0, 0.05) is 42.0 Å². The van der Waals surface area contributed by atoms with Gasteiger partial charge in [0.05, 0.1) is 0 Å². The molecule has 1 unspecified atom stereocenters. The standard InChI is InChI=1S/C17H21BrN4O2S/c1-12-3-5-15(6-4-12)22-8-7-21(11-13(22)2)25(23,24)16-9-14(18)10-20-17(16)19/h3-6,9-10,13H,7-8,11H2,1-2H3,(H2,19,20). The van der Waals surface area contributed by atoms with Crippen molar-refractivity contribution in [1.82, 2.24) is 9.29 Å². The van der Waals surface area contributed by atoms with Gasteiger partial charge in [-0.1, -0.05) is 17.7 Å². The number of nitrogens with two attached hydrogens (primary N) is 1. The highest BCUT2D eigenvalue weighted by Gasteiger charge is 2.33. The number of nitrogen functional groups attached to an aromatic ring is 1. The monoisotopic (exact) mass is 424 g/mol. The van der Waals surface area contributed by atoms with E-state index >= 15 is 0 Å². The number of sulfonamides is 1. The zero-order valence-corrected chi connectivity index (χ0v) is 16.6. The lowest BCUT2D eigenvalue weighted by molar-refractivity contribution is 0.342. The Hall–Kier alpha value is -1.64. The largest absolute Gasteiger partial charge is 0.383 e. The van der Waals surface area contributed by atoms with Crippen LogP contribution in [0.25, 0.3) is 0 Å². The first-order valence-corrected chi connectivity index (χ1v) is 10.3. The summed E-state index contributed by atoms with van der Waals surface area (Å²) >= 11 is 3.26. The summed E-state index contributed by atoms with van der Waals surface area (Å²) in [6, 6.07) is 9.86. The lowest BCUT2D eigenvalue weighted by Gasteiger charge is -2.40. The van der Waals surface area contributed by atoms with E-state index in [-0.39, 0.29) is 16.8 Å². The summed E-state index contributed by atoms with van der Waals surface area (Å²) in [5.74, 6) is 0.0248. The van der Waals surface area contributed by atoms with Crippen molar-refractivity contribution in [2.45, 2.75) is 24.8 Å². The summed E-state index contributed by atoms with van der Waals surface area (Å²) in [7, 11) is -3.67. The summed E-state index contributed by atoms with van der Waals surface area (Å²) in [4.78, 5) is 6.23. The molecule has 2 N–H and O–H groups in total. The highest BCUT2D eigenvalue weighted by atomic mass is 79.9. The molecule has 0 bridgehead atoms. The molecule has 0 saturated carbocycles. The van der Waals surface area contributed by atoms with Crippen LogP contribution in [0.2, 0.25) is 0 Å². The molecule has 2 heterocycles. The van der Waals surface area contributed by atoms with Crippen LogP contribution in [0.1, 0.15) is 12.5 Å². The van der Waals surface area contributed by atoms with Crippen LogP contribution in [-0.2, 0) is 10.0 Å². The Morgan fingerprint density at radius 1 is 1.24 bits per heavy atom. The van der Waals surface area contributed by atoms with Crippen molar-refractivity contribution in [3.63, 3.8) is 0 Å². The van der Waals surface area contributed by atoms with Gasteiger partial charge in [0.25, 0.3) is 0 Å². The lowest BCUT2D eigenvalue weighted by Crippen LogP contribution is -2.53. The van der Waals surface area contributed by atoms with Gasteiger partial charge in [0.2, 0.25) is 10.0 Å². The Kier molecular flexibility index (Phi) is 5.04. The molecule has 1 aliphatic heterocycles. The van der Waals surface area contributed by atoms with Crippen LogP contribution in [0, 0.1) is 6.92 Å². The normalized spacial score (nSPS) is 19.2. The summed E-state index contributed by atoms with van der Waals surface area (Å²) in [6.45, 7) is 5.53. The van der Waals surface area contributed by atoms with E-state index in [4.69, 9.17) is 5.73 Å². The highest BCUT2D eigenvalue weighted by molar-refractivity contribution is 9.10. The van der Waals surface area contributed by atoms with Gasteiger partial charge in [-0.2, -0.15) is 4.31 Å². The van der Waals surface area contributed by atoms with E-state index in [1.165, 1.54) is 22.1 Å². The first kappa shape index (κ1) is 18.2. The Labute approximate surface area is 156 Å². The second kappa shape index (κ2) is 6.93. The molecule has 2 aromatic rings. The number of benzene rings is 1. The molecule has 1 atom stereocenters. The van der Waals surface area contributed by atoms with E-state index in [9.17, 15) is 8.42 Å². The molecule has 3 rings (SSSR count). The van der Waals surface area contributed by atoms with Gasteiger partial charge >= 0.3 is 0 Å². The quantitative estimate of drug-likeness (QED) is 0.818. The summed E-state index contributed by atoms with van der Waals surface area (Å²) < 4.78 is 28.0. The number of aryl methyl sites for hydroxylation is 1. The van der Waals surface area contributed by atoms with Gasteiger partial charge in [-0.15, -0.1) is 0 Å². The van der Waals surface area contributed by atoms with Gasteiger partial charge < -0.3 is 10.6 Å². The van der Waals surface area contributed by atoms with E-state index in [2.05, 4.69) is 50.1 Å². The minimum absolute atomic E-state index is 0.0248. The van der Waals surface area contributed by atoms with Gasteiger partial charge in [-0.25, -0.2) is 13.4 Å². The average molecular weight is 425 g/mol. The van der Waals surface area contributed by atoms with Crippen LogP contribution in [-0.4, -0.2) is 43.4 Å². The summed E-state index contributed by atoms with van der Waals surface area (Å²) in [5, 5.41) is 0. The van der Waals surface area contributed by atoms with Gasteiger partial charge in [-0.05, 0) is 48.0 Å². The van der Waals surface area contributed by atoms with Gasteiger partial charge in [0.1, 0.15) is 10.7 Å². The van der Waals surface area contributed by atoms with E-state index in [1.807, 2.05) is 13.8 Å². The minimum atomic E-state index is -3.67. The van der Waals surface area contributed by atoms with E-state index < -0.39 is 10.0 Å². The predicted molar refractivity (Wildman–Crippen MR) is 103 cm³/mol. The molecule has 0 aliphatic carbocycles. The smallest absolute Gasteiger partial charge is 0.246 e. The number of rotatable bonds is 3. The Balaban J connectivity index is 1.82. The van der Waals surface area contributed by atoms with Crippen molar-refractivity contribution < 1.29 is 8.42 Å². The highest BCUT2D eigenvalue weighted by Crippen LogP contribution is 2.28. The molecule has 25 heavy (non-hydrogen) atoms. The Bertz CT molecular complexity index is 871. The van der Waals surface area contributed by atoms with Crippen LogP contribution < -0.4 is 10.6 Å². The zero-order valence-electron chi connectivity index (χ0n) is 14.2. The van der Waals surface area contributed by atoms with Gasteiger partial charge in [0.15, 0.2) is 0 Å². The fourth-order valence-corrected chi connectivity index (χ4v) is 5.13. The molecule has 0 spiro atoms. The van der Waals surface area contributed by atoms with E-state index in [0.717, 1.165) is 5.69 Å². The Morgan fingerprint density at radius 2 is 1.92 bits per heavy atom. The molecule has 1 fully saturated rings. The first-order chi connectivity index (χ1) is 11.8. The van der Waals surface area contributed by atoms with Gasteiger partial charge in [-0.3, -0.25) is 0 Å². The lowest BCUT2D eigenvalue weighted by atomic mass is 10.1. The van der Waals surface area contributed by atoms with Crippen molar-refractivity contribution in [2.24, 2.45) is 0 Å². The predicted octanol–water partition coefficient (Wildman–Crippen LogP) is 2.63. The third-order valence-electron chi connectivity index (χ3n) is 4.42. The first-order valence-electron chi connectivity index (χ1n) is 8.03. The SMILES string of the molecule is Cc1ccc(N2CCN(S(=O)(=O)c3cc(Br)cnc3N)CC2C)cc1. The van der Waals surface area contributed by atoms with Crippen molar-refractivity contribution in [3.8, 4) is 0 Å². The summed E-state index contributed by atoms with van der Waals surface area (Å²) in [5.41, 5.74) is 8.12. The maximum absolute atomic E-state index is 13.0. The number of anilines is 2. The molecule has 134 valence electrons. The van der Waals surface area contributed by atoms with Crippen molar-refractivity contribution >= 4 is 37.5 Å². The van der Waals surface area contributed by atoms with Crippen LogP contribution in [0.5, 0.6) is 0 Å². The number of piperazine rings is 1. The molecular formula is C17H21BrN4O2S. The fraction of sp³-hybridized carbons (Fsp3) is 0.353. The number of halogens is 1. The maximum Gasteiger partial charge on any atom is 0.246 e. The second-order valence-electron chi connectivity index (χ2n) is 6.28. The molecule has 6 nitrogen and oxygen atoms in total. The number of aromatic nitrogens is 1. The van der Waals surface area contributed by atoms with Crippen LogP contribution >= 0.6 is 15.9 Å². The number of hydrogen-bond donors (Lipinski definition) is 1. The van der Waals surface area contributed by atoms with Crippen molar-refractivity contribution in [3.05, 3.63) is 46.6 Å². The zero-order chi connectivity index (χ0) is 18.2. The number of hydrogen-bond acceptors (Lipinski definition) is 5. The maximum atomic E-state index is 13.0. The molecule has 1 aromatic heterocycles.